The number of aliphatic hydroxyl groups is 1. The van der Waals surface area contributed by atoms with Gasteiger partial charge in [0.25, 0.3) is 0 Å². The highest BCUT2D eigenvalue weighted by Crippen LogP contribution is 2.41. The zero-order chi connectivity index (χ0) is 15.0. The van der Waals surface area contributed by atoms with Crippen molar-refractivity contribution in [2.45, 2.75) is 5.60 Å². The van der Waals surface area contributed by atoms with E-state index in [2.05, 4.69) is 9.97 Å². The zero-order valence-corrected chi connectivity index (χ0v) is 11.8. The normalized spacial score (nSPS) is 14.8. The average Bonchev–Trinajstić information content (AvgIpc) is 2.73. The Morgan fingerprint density at radius 3 is 1.91 bits per heavy atom. The molecule has 1 heterocycles. The lowest BCUT2D eigenvalue weighted by molar-refractivity contribution is 0.120. The minimum Gasteiger partial charge on any atom is -0.374 e. The molecule has 0 atom stereocenters. The van der Waals surface area contributed by atoms with Crippen molar-refractivity contribution in [3.05, 3.63) is 95.1 Å². The molecule has 3 heteroatoms. The molecule has 1 N–H and O–H groups in total. The second-order valence-electron chi connectivity index (χ2n) is 5.31. The third-order valence-corrected chi connectivity index (χ3v) is 4.08. The first kappa shape index (κ1) is 12.9. The van der Waals surface area contributed by atoms with E-state index in [-0.39, 0.29) is 0 Å². The number of benzene rings is 2. The quantitative estimate of drug-likeness (QED) is 0.747. The largest absolute Gasteiger partial charge is 0.374 e. The summed E-state index contributed by atoms with van der Waals surface area (Å²) in [7, 11) is 0. The van der Waals surface area contributed by atoms with Crippen molar-refractivity contribution in [2.24, 2.45) is 0 Å². The van der Waals surface area contributed by atoms with Gasteiger partial charge in [0.2, 0.25) is 0 Å². The van der Waals surface area contributed by atoms with Gasteiger partial charge in [-0.05, 0) is 11.1 Å². The van der Waals surface area contributed by atoms with Gasteiger partial charge in [-0.1, -0.05) is 60.7 Å². The second kappa shape index (κ2) is 4.90. The van der Waals surface area contributed by atoms with Crippen LogP contribution in [0.25, 0.3) is 12.2 Å². The molecule has 3 aromatic rings. The summed E-state index contributed by atoms with van der Waals surface area (Å²) in [4.78, 5) is 8.51. The number of rotatable bonds is 1. The van der Waals surface area contributed by atoms with Crippen molar-refractivity contribution in [3.63, 3.8) is 0 Å². The summed E-state index contributed by atoms with van der Waals surface area (Å²) in [6, 6.07) is 15.7. The number of hydrogen-bond donors (Lipinski definition) is 1. The van der Waals surface area contributed by atoms with E-state index in [0.29, 0.717) is 5.69 Å². The average molecular weight is 286 g/mol. The molecule has 1 aliphatic carbocycles. The first-order valence-electron chi connectivity index (χ1n) is 7.16. The Kier molecular flexibility index (Phi) is 2.88. The van der Waals surface area contributed by atoms with E-state index in [0.717, 1.165) is 22.3 Å². The highest BCUT2D eigenvalue weighted by Gasteiger charge is 2.39. The van der Waals surface area contributed by atoms with Crippen LogP contribution in [-0.2, 0) is 5.60 Å². The monoisotopic (exact) mass is 286 g/mol. The Morgan fingerprint density at radius 2 is 1.36 bits per heavy atom. The van der Waals surface area contributed by atoms with Gasteiger partial charge in [0.15, 0.2) is 5.60 Å². The van der Waals surface area contributed by atoms with Crippen molar-refractivity contribution in [3.8, 4) is 0 Å². The third kappa shape index (κ3) is 1.80. The van der Waals surface area contributed by atoms with Gasteiger partial charge in [-0.25, -0.2) is 0 Å². The van der Waals surface area contributed by atoms with Gasteiger partial charge in [-0.15, -0.1) is 0 Å². The van der Waals surface area contributed by atoms with Crippen LogP contribution in [-0.4, -0.2) is 15.1 Å². The molecular weight excluding hydrogens is 272 g/mol. The molecule has 0 saturated carbocycles. The van der Waals surface area contributed by atoms with Crippen molar-refractivity contribution in [1.82, 2.24) is 9.97 Å². The van der Waals surface area contributed by atoms with Crippen LogP contribution in [0.15, 0.2) is 67.1 Å². The number of aromatic nitrogens is 2. The summed E-state index contributed by atoms with van der Waals surface area (Å²) < 4.78 is 0. The lowest BCUT2D eigenvalue weighted by atomic mass is 9.81. The van der Waals surface area contributed by atoms with E-state index in [1.54, 1.807) is 18.6 Å². The summed E-state index contributed by atoms with van der Waals surface area (Å²) in [5.41, 5.74) is 2.80. The molecule has 0 unspecified atom stereocenters. The molecule has 0 fully saturated rings. The summed E-state index contributed by atoms with van der Waals surface area (Å²) in [5.74, 6) is 0. The van der Waals surface area contributed by atoms with Crippen LogP contribution in [0.4, 0.5) is 0 Å². The van der Waals surface area contributed by atoms with E-state index >= 15 is 0 Å². The molecule has 106 valence electrons. The fraction of sp³-hybridized carbons (Fsp3) is 0.0526. The predicted molar refractivity (Wildman–Crippen MR) is 85.9 cm³/mol. The second-order valence-corrected chi connectivity index (χ2v) is 5.31. The SMILES string of the molecule is OC1(c2cnccn2)c2ccccc2C=Cc2ccccc21. The van der Waals surface area contributed by atoms with Gasteiger partial charge in [-0.3, -0.25) is 9.97 Å². The smallest absolute Gasteiger partial charge is 0.160 e. The molecule has 0 saturated heterocycles. The fourth-order valence-corrected chi connectivity index (χ4v) is 3.03. The van der Waals surface area contributed by atoms with Crippen LogP contribution in [0.3, 0.4) is 0 Å². The number of nitrogens with zero attached hydrogens (tertiary/aromatic N) is 2. The summed E-state index contributed by atoms with van der Waals surface area (Å²) in [6.07, 6.45) is 8.90. The first-order chi connectivity index (χ1) is 10.8. The Hall–Kier alpha value is -2.78. The molecule has 3 nitrogen and oxygen atoms in total. The van der Waals surface area contributed by atoms with E-state index in [4.69, 9.17) is 0 Å². The van der Waals surface area contributed by atoms with Crippen molar-refractivity contribution in [1.29, 1.82) is 0 Å². The van der Waals surface area contributed by atoms with Crippen LogP contribution in [0, 0.1) is 0 Å². The molecule has 0 aliphatic heterocycles. The molecule has 4 rings (SSSR count). The topological polar surface area (TPSA) is 46.0 Å². The molecule has 0 amide bonds. The standard InChI is InChI=1S/C19H14N2O/c22-19(18-13-20-11-12-21-18)16-7-3-1-5-14(16)9-10-15-6-2-4-8-17(15)19/h1-13,22H. The Bertz CT molecular complexity index is 807. The van der Waals surface area contributed by atoms with E-state index in [1.807, 2.05) is 60.7 Å². The van der Waals surface area contributed by atoms with Crippen LogP contribution in [0.2, 0.25) is 0 Å². The predicted octanol–water partition coefficient (Wildman–Crippen LogP) is 3.24. The Balaban J connectivity index is 2.11. The van der Waals surface area contributed by atoms with Gasteiger partial charge >= 0.3 is 0 Å². The maximum absolute atomic E-state index is 11.7. The fourth-order valence-electron chi connectivity index (χ4n) is 3.03. The summed E-state index contributed by atoms with van der Waals surface area (Å²) in [5, 5.41) is 11.7. The lowest BCUT2D eigenvalue weighted by Crippen LogP contribution is -2.31. The molecule has 1 aromatic heterocycles. The molecule has 1 aliphatic rings. The Labute approximate surface area is 128 Å². The highest BCUT2D eigenvalue weighted by molar-refractivity contribution is 5.78. The van der Waals surface area contributed by atoms with Crippen molar-refractivity contribution in [2.75, 3.05) is 0 Å². The van der Waals surface area contributed by atoms with Crippen LogP contribution in [0.1, 0.15) is 27.9 Å². The third-order valence-electron chi connectivity index (χ3n) is 4.08. The van der Waals surface area contributed by atoms with Gasteiger partial charge in [-0.2, -0.15) is 0 Å². The molecule has 22 heavy (non-hydrogen) atoms. The molecule has 0 radical (unpaired) electrons. The van der Waals surface area contributed by atoms with E-state index in [1.165, 1.54) is 0 Å². The maximum atomic E-state index is 11.7. The Morgan fingerprint density at radius 1 is 0.773 bits per heavy atom. The number of hydrogen-bond acceptors (Lipinski definition) is 3. The van der Waals surface area contributed by atoms with Crippen molar-refractivity contribution < 1.29 is 5.11 Å². The molecule has 0 bridgehead atoms. The number of fused-ring (bicyclic) bond motifs is 2. The van der Waals surface area contributed by atoms with Gasteiger partial charge in [0, 0.05) is 23.5 Å². The first-order valence-corrected chi connectivity index (χ1v) is 7.16. The molecule has 2 aromatic carbocycles. The van der Waals surface area contributed by atoms with Gasteiger partial charge < -0.3 is 5.11 Å². The maximum Gasteiger partial charge on any atom is 0.160 e. The van der Waals surface area contributed by atoms with Crippen LogP contribution in [0.5, 0.6) is 0 Å². The highest BCUT2D eigenvalue weighted by atomic mass is 16.3. The van der Waals surface area contributed by atoms with Gasteiger partial charge in [0.05, 0.1) is 11.9 Å². The summed E-state index contributed by atoms with van der Waals surface area (Å²) >= 11 is 0. The van der Waals surface area contributed by atoms with E-state index < -0.39 is 5.60 Å². The lowest BCUT2D eigenvalue weighted by Gasteiger charge is -2.30. The molecular formula is C19H14N2O. The van der Waals surface area contributed by atoms with Crippen molar-refractivity contribution >= 4 is 12.2 Å². The molecule has 0 spiro atoms. The van der Waals surface area contributed by atoms with Crippen LogP contribution >= 0.6 is 0 Å². The minimum absolute atomic E-state index is 0.526. The zero-order valence-electron chi connectivity index (χ0n) is 11.8. The van der Waals surface area contributed by atoms with Gasteiger partial charge in [0.1, 0.15) is 0 Å². The summed E-state index contributed by atoms with van der Waals surface area (Å²) in [6.45, 7) is 0. The van der Waals surface area contributed by atoms with Crippen LogP contribution < -0.4 is 0 Å². The minimum atomic E-state index is -1.31. The van der Waals surface area contributed by atoms with E-state index in [9.17, 15) is 5.11 Å².